The van der Waals surface area contributed by atoms with Gasteiger partial charge in [-0.05, 0) is 49.4 Å². The molecule has 4 nitrogen and oxygen atoms in total. The van der Waals surface area contributed by atoms with E-state index >= 15 is 0 Å². The maximum absolute atomic E-state index is 14.4. The highest BCUT2D eigenvalue weighted by Crippen LogP contribution is 2.33. The predicted octanol–water partition coefficient (Wildman–Crippen LogP) is 6.37. The molecule has 0 spiro atoms. The molecule has 4 rings (SSSR count). The van der Waals surface area contributed by atoms with Crippen molar-refractivity contribution in [3.8, 4) is 0 Å². The summed E-state index contributed by atoms with van der Waals surface area (Å²) in [5.74, 6) is 0.624. The standard InChI is InChI=1S/C26H32FN3O/c1-19(2)16-17-29(26(31)21-12-6-7-13-22(21)27)18-25-28-23-14-8-9-15-24(23)30(25)20-10-4-3-5-11-20/h6-9,12-15,19-20H,3-5,10-11,16-18H2,1-2H3. The first-order valence-electron chi connectivity index (χ1n) is 11.5. The van der Waals surface area contributed by atoms with Crippen molar-refractivity contribution in [2.45, 2.75) is 65.0 Å². The minimum absolute atomic E-state index is 0.131. The molecule has 0 unspecified atom stereocenters. The predicted molar refractivity (Wildman–Crippen MR) is 122 cm³/mol. The van der Waals surface area contributed by atoms with Gasteiger partial charge in [-0.2, -0.15) is 0 Å². The first-order valence-corrected chi connectivity index (χ1v) is 11.5. The van der Waals surface area contributed by atoms with E-state index in [-0.39, 0.29) is 11.5 Å². The molecule has 3 aromatic rings. The third kappa shape index (κ3) is 4.81. The van der Waals surface area contributed by atoms with Crippen LogP contribution in [0.2, 0.25) is 0 Å². The van der Waals surface area contributed by atoms with Crippen molar-refractivity contribution in [2.24, 2.45) is 5.92 Å². The summed E-state index contributed by atoms with van der Waals surface area (Å²) >= 11 is 0. The second kappa shape index (κ2) is 9.63. The Kier molecular flexibility index (Phi) is 6.69. The first kappa shape index (κ1) is 21.5. The molecular formula is C26H32FN3O. The molecule has 0 bridgehead atoms. The van der Waals surface area contributed by atoms with E-state index in [2.05, 4.69) is 24.5 Å². The lowest BCUT2D eigenvalue weighted by Gasteiger charge is -2.28. The van der Waals surface area contributed by atoms with Crippen molar-refractivity contribution in [3.05, 3.63) is 65.7 Å². The highest BCUT2D eigenvalue weighted by atomic mass is 19.1. The topological polar surface area (TPSA) is 38.1 Å². The molecule has 0 atom stereocenters. The number of rotatable bonds is 7. The average molecular weight is 422 g/mol. The van der Waals surface area contributed by atoms with Gasteiger partial charge in [0.25, 0.3) is 5.91 Å². The van der Waals surface area contributed by atoms with E-state index in [1.165, 1.54) is 25.3 Å². The molecule has 5 heteroatoms. The molecule has 31 heavy (non-hydrogen) atoms. The molecule has 2 aromatic carbocycles. The smallest absolute Gasteiger partial charge is 0.257 e. The van der Waals surface area contributed by atoms with Crippen LogP contribution >= 0.6 is 0 Å². The third-order valence-electron chi connectivity index (χ3n) is 6.31. The molecular weight excluding hydrogens is 389 g/mol. The van der Waals surface area contributed by atoms with Crippen LogP contribution in [-0.4, -0.2) is 26.9 Å². The Balaban J connectivity index is 1.70. The Labute approximate surface area is 184 Å². The first-order chi connectivity index (χ1) is 15.0. The molecule has 1 saturated carbocycles. The van der Waals surface area contributed by atoms with Crippen LogP contribution in [0.1, 0.15) is 74.6 Å². The van der Waals surface area contributed by atoms with E-state index in [9.17, 15) is 9.18 Å². The van der Waals surface area contributed by atoms with Gasteiger partial charge in [0.05, 0.1) is 23.1 Å². The number of hydrogen-bond acceptors (Lipinski definition) is 2. The number of fused-ring (bicyclic) bond motifs is 1. The number of halogens is 1. The highest BCUT2D eigenvalue weighted by Gasteiger charge is 2.25. The number of carbonyl (C=O) groups is 1. The number of imidazole rings is 1. The summed E-state index contributed by atoms with van der Waals surface area (Å²) in [6, 6.07) is 14.9. The number of para-hydroxylation sites is 2. The SMILES string of the molecule is CC(C)CCN(Cc1nc2ccccc2n1C1CCCCC1)C(=O)c1ccccc1F. The molecule has 1 amide bonds. The van der Waals surface area contributed by atoms with Crippen molar-refractivity contribution < 1.29 is 9.18 Å². The maximum Gasteiger partial charge on any atom is 0.257 e. The summed E-state index contributed by atoms with van der Waals surface area (Å²) in [5.41, 5.74) is 2.23. The van der Waals surface area contributed by atoms with E-state index in [1.54, 1.807) is 23.1 Å². The molecule has 1 aromatic heterocycles. The summed E-state index contributed by atoms with van der Waals surface area (Å²) < 4.78 is 16.8. The Hall–Kier alpha value is -2.69. The van der Waals surface area contributed by atoms with Crippen LogP contribution in [0.15, 0.2) is 48.5 Å². The molecule has 164 valence electrons. The normalized spacial score (nSPS) is 15.0. The zero-order valence-corrected chi connectivity index (χ0v) is 18.6. The minimum atomic E-state index is -0.470. The molecule has 0 radical (unpaired) electrons. The highest BCUT2D eigenvalue weighted by molar-refractivity contribution is 5.94. The van der Waals surface area contributed by atoms with Gasteiger partial charge >= 0.3 is 0 Å². The van der Waals surface area contributed by atoms with E-state index in [0.29, 0.717) is 25.0 Å². The molecule has 0 saturated heterocycles. The van der Waals surface area contributed by atoms with Crippen LogP contribution in [0.4, 0.5) is 4.39 Å². The van der Waals surface area contributed by atoms with Gasteiger partial charge in [0, 0.05) is 12.6 Å². The van der Waals surface area contributed by atoms with Gasteiger partial charge in [0.15, 0.2) is 0 Å². The van der Waals surface area contributed by atoms with Crippen molar-refractivity contribution in [1.82, 2.24) is 14.5 Å². The van der Waals surface area contributed by atoms with Crippen molar-refractivity contribution in [2.75, 3.05) is 6.54 Å². The van der Waals surface area contributed by atoms with Crippen molar-refractivity contribution >= 4 is 16.9 Å². The number of benzene rings is 2. The second-order valence-corrected chi connectivity index (χ2v) is 9.07. The van der Waals surface area contributed by atoms with E-state index in [1.807, 2.05) is 18.2 Å². The van der Waals surface area contributed by atoms with Gasteiger partial charge in [0.1, 0.15) is 11.6 Å². The lowest BCUT2D eigenvalue weighted by Crippen LogP contribution is -2.34. The number of amides is 1. The van der Waals surface area contributed by atoms with Crippen LogP contribution in [0.5, 0.6) is 0 Å². The summed E-state index contributed by atoms with van der Waals surface area (Å²) in [5, 5.41) is 0. The number of carbonyl (C=O) groups excluding carboxylic acids is 1. The molecule has 0 N–H and O–H groups in total. The van der Waals surface area contributed by atoms with Gasteiger partial charge in [-0.25, -0.2) is 9.37 Å². The Morgan fingerprint density at radius 1 is 1.10 bits per heavy atom. The van der Waals surface area contributed by atoms with Crippen molar-refractivity contribution in [3.63, 3.8) is 0 Å². The Bertz CT molecular complexity index is 1040. The molecule has 1 aliphatic rings. The third-order valence-corrected chi connectivity index (χ3v) is 6.31. The lowest BCUT2D eigenvalue weighted by atomic mass is 9.95. The fraction of sp³-hybridized carbons (Fsp3) is 0.462. The van der Waals surface area contributed by atoms with Crippen LogP contribution in [0.3, 0.4) is 0 Å². The Morgan fingerprint density at radius 2 is 1.81 bits per heavy atom. The van der Waals surface area contributed by atoms with Crippen LogP contribution in [0.25, 0.3) is 11.0 Å². The zero-order valence-electron chi connectivity index (χ0n) is 18.6. The van der Waals surface area contributed by atoms with Gasteiger partial charge in [0.2, 0.25) is 0 Å². The van der Waals surface area contributed by atoms with E-state index in [4.69, 9.17) is 4.98 Å². The fourth-order valence-corrected chi connectivity index (χ4v) is 4.59. The average Bonchev–Trinajstić information content (AvgIpc) is 3.15. The number of aromatic nitrogens is 2. The largest absolute Gasteiger partial charge is 0.331 e. The van der Waals surface area contributed by atoms with Crippen molar-refractivity contribution in [1.29, 1.82) is 0 Å². The minimum Gasteiger partial charge on any atom is -0.331 e. The van der Waals surface area contributed by atoms with Gasteiger partial charge in [-0.1, -0.05) is 57.4 Å². The molecule has 1 fully saturated rings. The van der Waals surface area contributed by atoms with E-state index in [0.717, 1.165) is 36.1 Å². The fourth-order valence-electron chi connectivity index (χ4n) is 4.59. The molecule has 0 aliphatic heterocycles. The quantitative estimate of drug-likeness (QED) is 0.445. The second-order valence-electron chi connectivity index (χ2n) is 9.07. The summed E-state index contributed by atoms with van der Waals surface area (Å²) in [4.78, 5) is 20.0. The molecule has 1 aliphatic carbocycles. The Morgan fingerprint density at radius 3 is 2.55 bits per heavy atom. The van der Waals surface area contributed by atoms with Gasteiger partial charge < -0.3 is 9.47 Å². The maximum atomic E-state index is 14.4. The zero-order chi connectivity index (χ0) is 21.8. The number of hydrogen-bond donors (Lipinski definition) is 0. The monoisotopic (exact) mass is 421 g/mol. The summed E-state index contributed by atoms with van der Waals surface area (Å²) in [7, 11) is 0. The number of nitrogens with zero attached hydrogens (tertiary/aromatic N) is 3. The van der Waals surface area contributed by atoms with Crippen LogP contribution in [0, 0.1) is 11.7 Å². The van der Waals surface area contributed by atoms with E-state index < -0.39 is 5.82 Å². The molecule has 1 heterocycles. The van der Waals surface area contributed by atoms with Gasteiger partial charge in [-0.3, -0.25) is 4.79 Å². The summed E-state index contributed by atoms with van der Waals surface area (Å²) in [6.07, 6.45) is 6.87. The van der Waals surface area contributed by atoms with Crippen LogP contribution in [-0.2, 0) is 6.54 Å². The van der Waals surface area contributed by atoms with Crippen LogP contribution < -0.4 is 0 Å². The summed E-state index contributed by atoms with van der Waals surface area (Å²) in [6.45, 7) is 5.26. The lowest BCUT2D eigenvalue weighted by molar-refractivity contribution is 0.0723. The van der Waals surface area contributed by atoms with Gasteiger partial charge in [-0.15, -0.1) is 0 Å².